The molecule has 0 aliphatic rings. The van der Waals surface area contributed by atoms with Gasteiger partial charge in [-0.2, -0.15) is 0 Å². The Balaban J connectivity index is 2.07. The van der Waals surface area contributed by atoms with Crippen LogP contribution in [0, 0.1) is 6.92 Å². The highest BCUT2D eigenvalue weighted by Crippen LogP contribution is 2.25. The Morgan fingerprint density at radius 2 is 2.00 bits per heavy atom. The van der Waals surface area contributed by atoms with Crippen molar-refractivity contribution in [2.75, 3.05) is 12.4 Å². The SMILES string of the molecule is COc1cc(C)ccc1NC(=O)Oc1ncccn1. The van der Waals surface area contributed by atoms with Gasteiger partial charge in [0.05, 0.1) is 12.8 Å². The third-order valence-electron chi connectivity index (χ3n) is 2.32. The van der Waals surface area contributed by atoms with E-state index < -0.39 is 6.09 Å². The van der Waals surface area contributed by atoms with Gasteiger partial charge in [-0.25, -0.2) is 14.8 Å². The largest absolute Gasteiger partial charge is 0.495 e. The van der Waals surface area contributed by atoms with Crippen molar-refractivity contribution in [3.8, 4) is 11.8 Å². The number of carbonyl (C=O) groups excluding carboxylic acids is 1. The Hall–Kier alpha value is -2.63. The van der Waals surface area contributed by atoms with E-state index in [1.54, 1.807) is 12.1 Å². The lowest BCUT2D eigenvalue weighted by atomic mass is 10.2. The highest BCUT2D eigenvalue weighted by Gasteiger charge is 2.10. The monoisotopic (exact) mass is 259 g/mol. The maximum atomic E-state index is 11.7. The van der Waals surface area contributed by atoms with Crippen molar-refractivity contribution in [3.63, 3.8) is 0 Å². The first-order chi connectivity index (χ1) is 9.19. The molecule has 0 spiro atoms. The van der Waals surface area contributed by atoms with E-state index in [0.29, 0.717) is 11.4 Å². The number of rotatable bonds is 3. The molecule has 1 aromatic heterocycles. The van der Waals surface area contributed by atoms with E-state index >= 15 is 0 Å². The first-order valence-corrected chi connectivity index (χ1v) is 5.59. The van der Waals surface area contributed by atoms with Crippen molar-refractivity contribution < 1.29 is 14.3 Å². The van der Waals surface area contributed by atoms with Crippen LogP contribution < -0.4 is 14.8 Å². The lowest BCUT2D eigenvalue weighted by Gasteiger charge is -2.10. The van der Waals surface area contributed by atoms with E-state index in [1.165, 1.54) is 19.5 Å². The molecule has 0 unspecified atom stereocenters. The highest BCUT2D eigenvalue weighted by molar-refractivity contribution is 5.87. The molecular formula is C13H13N3O3. The molecule has 0 saturated carbocycles. The number of hydrogen-bond donors (Lipinski definition) is 1. The van der Waals surface area contributed by atoms with E-state index in [9.17, 15) is 4.79 Å². The standard InChI is InChI=1S/C13H13N3O3/c1-9-4-5-10(11(8-9)18-2)16-13(17)19-12-14-6-3-7-15-12/h3-8H,1-2H3,(H,16,17). The maximum Gasteiger partial charge on any atom is 0.419 e. The normalized spacial score (nSPS) is 9.79. The van der Waals surface area contributed by atoms with E-state index in [0.717, 1.165) is 5.56 Å². The van der Waals surface area contributed by atoms with Gasteiger partial charge in [0.25, 0.3) is 0 Å². The van der Waals surface area contributed by atoms with Gasteiger partial charge in [0.1, 0.15) is 5.75 Å². The second-order valence-corrected chi connectivity index (χ2v) is 3.75. The van der Waals surface area contributed by atoms with Crippen molar-refractivity contribution in [3.05, 3.63) is 42.2 Å². The first kappa shape index (κ1) is 12.8. The molecule has 98 valence electrons. The molecule has 2 aromatic rings. The summed E-state index contributed by atoms with van der Waals surface area (Å²) < 4.78 is 10.1. The quantitative estimate of drug-likeness (QED) is 0.916. The Kier molecular flexibility index (Phi) is 3.92. The number of carbonyl (C=O) groups is 1. The average molecular weight is 259 g/mol. The van der Waals surface area contributed by atoms with Crippen LogP contribution in [-0.4, -0.2) is 23.2 Å². The topological polar surface area (TPSA) is 73.3 Å². The number of nitrogens with one attached hydrogen (secondary N) is 1. The first-order valence-electron chi connectivity index (χ1n) is 5.59. The van der Waals surface area contributed by atoms with Crippen LogP contribution in [0.4, 0.5) is 10.5 Å². The number of anilines is 1. The van der Waals surface area contributed by atoms with Crippen LogP contribution in [0.25, 0.3) is 0 Å². The Bertz CT molecular complexity index is 573. The summed E-state index contributed by atoms with van der Waals surface area (Å²) in [6, 6.07) is 7.03. The van der Waals surface area contributed by atoms with Crippen molar-refractivity contribution in [2.24, 2.45) is 0 Å². The number of ether oxygens (including phenoxy) is 2. The second kappa shape index (κ2) is 5.81. The smallest absolute Gasteiger partial charge is 0.419 e. The predicted octanol–water partition coefficient (Wildman–Crippen LogP) is 2.40. The Labute approximate surface area is 110 Å². The summed E-state index contributed by atoms with van der Waals surface area (Å²) in [7, 11) is 1.53. The van der Waals surface area contributed by atoms with Gasteiger partial charge in [0.2, 0.25) is 0 Å². The summed E-state index contributed by atoms with van der Waals surface area (Å²) in [6.45, 7) is 1.93. The Morgan fingerprint density at radius 3 is 2.68 bits per heavy atom. The van der Waals surface area contributed by atoms with Crippen molar-refractivity contribution >= 4 is 11.8 Å². The third kappa shape index (κ3) is 3.41. The second-order valence-electron chi connectivity index (χ2n) is 3.75. The van der Waals surface area contributed by atoms with Gasteiger partial charge in [-0.1, -0.05) is 6.07 Å². The third-order valence-corrected chi connectivity index (χ3v) is 2.32. The van der Waals surface area contributed by atoms with Crippen LogP contribution in [0.1, 0.15) is 5.56 Å². The van der Waals surface area contributed by atoms with E-state index in [2.05, 4.69) is 15.3 Å². The molecular weight excluding hydrogens is 246 g/mol. The minimum absolute atomic E-state index is 0.00826. The molecule has 0 aliphatic heterocycles. The fourth-order valence-electron chi connectivity index (χ4n) is 1.46. The summed E-state index contributed by atoms with van der Waals surface area (Å²) in [4.78, 5) is 19.2. The summed E-state index contributed by atoms with van der Waals surface area (Å²) in [5.41, 5.74) is 1.55. The molecule has 1 N–H and O–H groups in total. The van der Waals surface area contributed by atoms with Crippen molar-refractivity contribution in [1.29, 1.82) is 0 Å². The Morgan fingerprint density at radius 1 is 1.26 bits per heavy atom. The van der Waals surface area contributed by atoms with Gasteiger partial charge < -0.3 is 9.47 Å². The molecule has 6 nitrogen and oxygen atoms in total. The molecule has 0 radical (unpaired) electrons. The molecule has 6 heteroatoms. The van der Waals surface area contributed by atoms with Crippen molar-refractivity contribution in [1.82, 2.24) is 9.97 Å². The minimum atomic E-state index is -0.673. The van der Waals surface area contributed by atoms with Gasteiger partial charge in [0, 0.05) is 12.4 Å². The summed E-state index contributed by atoms with van der Waals surface area (Å²) in [6.07, 6.45) is 2.30. The van der Waals surface area contributed by atoms with Crippen LogP contribution in [0.3, 0.4) is 0 Å². The van der Waals surface area contributed by atoms with Crippen LogP contribution in [0.5, 0.6) is 11.8 Å². The fraction of sp³-hybridized carbons (Fsp3) is 0.154. The molecule has 1 heterocycles. The van der Waals surface area contributed by atoms with Crippen LogP contribution in [-0.2, 0) is 0 Å². The fourth-order valence-corrected chi connectivity index (χ4v) is 1.46. The number of methoxy groups -OCH3 is 1. The van der Waals surface area contributed by atoms with Gasteiger partial charge >= 0.3 is 12.1 Å². The van der Waals surface area contributed by atoms with Gasteiger partial charge in [-0.3, -0.25) is 5.32 Å². The van der Waals surface area contributed by atoms with Crippen LogP contribution >= 0.6 is 0 Å². The number of amides is 1. The van der Waals surface area contributed by atoms with Gasteiger partial charge in [0.15, 0.2) is 0 Å². The average Bonchev–Trinajstić information content (AvgIpc) is 2.42. The molecule has 0 aliphatic carbocycles. The minimum Gasteiger partial charge on any atom is -0.495 e. The molecule has 1 amide bonds. The highest BCUT2D eigenvalue weighted by atomic mass is 16.6. The van der Waals surface area contributed by atoms with Gasteiger partial charge in [-0.05, 0) is 30.7 Å². The zero-order chi connectivity index (χ0) is 13.7. The number of aromatic nitrogens is 2. The van der Waals surface area contributed by atoms with Crippen molar-refractivity contribution in [2.45, 2.75) is 6.92 Å². The van der Waals surface area contributed by atoms with E-state index in [-0.39, 0.29) is 6.01 Å². The number of aryl methyl sites for hydroxylation is 1. The lowest BCUT2D eigenvalue weighted by Crippen LogP contribution is -2.18. The summed E-state index contributed by atoms with van der Waals surface area (Å²) in [5.74, 6) is 0.561. The maximum absolute atomic E-state index is 11.7. The molecule has 0 atom stereocenters. The lowest BCUT2D eigenvalue weighted by molar-refractivity contribution is 0.211. The van der Waals surface area contributed by atoms with E-state index in [1.807, 2.05) is 19.1 Å². The zero-order valence-electron chi connectivity index (χ0n) is 10.6. The molecule has 0 bridgehead atoms. The van der Waals surface area contributed by atoms with Crippen LogP contribution in [0.15, 0.2) is 36.7 Å². The van der Waals surface area contributed by atoms with Crippen LogP contribution in [0.2, 0.25) is 0 Å². The van der Waals surface area contributed by atoms with Gasteiger partial charge in [-0.15, -0.1) is 0 Å². The molecule has 2 rings (SSSR count). The number of benzene rings is 1. The molecule has 1 aromatic carbocycles. The number of hydrogen-bond acceptors (Lipinski definition) is 5. The summed E-state index contributed by atoms with van der Waals surface area (Å²) >= 11 is 0. The predicted molar refractivity (Wildman–Crippen MR) is 69.4 cm³/mol. The molecule has 0 saturated heterocycles. The van der Waals surface area contributed by atoms with E-state index in [4.69, 9.17) is 9.47 Å². The molecule has 19 heavy (non-hydrogen) atoms. The molecule has 0 fully saturated rings. The summed E-state index contributed by atoms with van der Waals surface area (Å²) in [5, 5.41) is 2.57. The number of nitrogens with zero attached hydrogens (tertiary/aromatic N) is 2. The zero-order valence-corrected chi connectivity index (χ0v) is 10.6.